The standard InChI is InChI=1S/C11H13NO4/c12-7-10(14)11(15)8-1-3-9(4-2-8)16-6-5-13/h1-4,10-11,13-15H,5-6H2. The van der Waals surface area contributed by atoms with E-state index in [4.69, 9.17) is 20.2 Å². The van der Waals surface area contributed by atoms with Crippen LogP contribution in [0.15, 0.2) is 24.3 Å². The molecule has 0 aliphatic carbocycles. The highest BCUT2D eigenvalue weighted by atomic mass is 16.5. The number of aliphatic hydroxyl groups is 3. The Bertz CT molecular complexity index is 357. The number of nitriles is 1. The Labute approximate surface area is 93.1 Å². The van der Waals surface area contributed by atoms with Crippen LogP contribution in [0.5, 0.6) is 5.75 Å². The second-order valence-electron chi connectivity index (χ2n) is 3.16. The Balaban J connectivity index is 2.67. The highest BCUT2D eigenvalue weighted by molar-refractivity contribution is 5.29. The van der Waals surface area contributed by atoms with Gasteiger partial charge < -0.3 is 20.1 Å². The van der Waals surface area contributed by atoms with Crippen LogP contribution >= 0.6 is 0 Å². The minimum absolute atomic E-state index is 0.0719. The van der Waals surface area contributed by atoms with Crippen molar-refractivity contribution in [3.63, 3.8) is 0 Å². The van der Waals surface area contributed by atoms with Crippen LogP contribution in [0.1, 0.15) is 11.7 Å². The van der Waals surface area contributed by atoms with Crippen LogP contribution in [-0.4, -0.2) is 34.6 Å². The molecule has 2 unspecified atom stereocenters. The SMILES string of the molecule is N#CC(O)C(O)c1ccc(OCCO)cc1. The normalized spacial score (nSPS) is 13.9. The van der Waals surface area contributed by atoms with Crippen molar-refractivity contribution >= 4 is 0 Å². The van der Waals surface area contributed by atoms with Gasteiger partial charge in [-0.2, -0.15) is 5.26 Å². The fourth-order valence-electron chi connectivity index (χ4n) is 1.18. The van der Waals surface area contributed by atoms with Crippen LogP contribution < -0.4 is 4.74 Å². The molecule has 5 heteroatoms. The van der Waals surface area contributed by atoms with Crippen molar-refractivity contribution in [1.82, 2.24) is 0 Å². The Hall–Kier alpha value is -1.61. The van der Waals surface area contributed by atoms with Gasteiger partial charge in [-0.15, -0.1) is 0 Å². The lowest BCUT2D eigenvalue weighted by Gasteiger charge is -2.12. The van der Waals surface area contributed by atoms with E-state index >= 15 is 0 Å². The average Bonchev–Trinajstić information content (AvgIpc) is 2.35. The Morgan fingerprint density at radius 3 is 2.38 bits per heavy atom. The molecule has 0 heterocycles. The highest BCUT2D eigenvalue weighted by Crippen LogP contribution is 2.20. The van der Waals surface area contributed by atoms with Gasteiger partial charge in [-0.1, -0.05) is 12.1 Å². The molecule has 1 aromatic carbocycles. The molecule has 16 heavy (non-hydrogen) atoms. The highest BCUT2D eigenvalue weighted by Gasteiger charge is 2.17. The topological polar surface area (TPSA) is 93.7 Å². The monoisotopic (exact) mass is 223 g/mol. The zero-order valence-electron chi connectivity index (χ0n) is 8.58. The van der Waals surface area contributed by atoms with Crippen LogP contribution in [0, 0.1) is 11.3 Å². The number of benzene rings is 1. The fourth-order valence-corrected chi connectivity index (χ4v) is 1.18. The minimum atomic E-state index is -1.44. The maximum Gasteiger partial charge on any atom is 0.170 e. The molecule has 86 valence electrons. The molecule has 2 atom stereocenters. The first-order valence-electron chi connectivity index (χ1n) is 4.78. The molecule has 0 aromatic heterocycles. The third kappa shape index (κ3) is 3.21. The summed E-state index contributed by atoms with van der Waals surface area (Å²) in [5.41, 5.74) is 0.436. The lowest BCUT2D eigenvalue weighted by molar-refractivity contribution is 0.0527. The molecule has 0 spiro atoms. The summed E-state index contributed by atoms with van der Waals surface area (Å²) in [6.07, 6.45) is -2.67. The van der Waals surface area contributed by atoms with E-state index < -0.39 is 12.2 Å². The number of aliphatic hydroxyl groups excluding tert-OH is 3. The van der Waals surface area contributed by atoms with E-state index in [0.717, 1.165) is 0 Å². The Morgan fingerprint density at radius 1 is 1.25 bits per heavy atom. The van der Waals surface area contributed by atoms with Crippen molar-refractivity contribution in [3.8, 4) is 11.8 Å². The zero-order chi connectivity index (χ0) is 12.0. The molecule has 1 rings (SSSR count). The van der Waals surface area contributed by atoms with E-state index in [2.05, 4.69) is 0 Å². The molecule has 0 aliphatic heterocycles. The summed E-state index contributed by atoms with van der Waals surface area (Å²) in [5.74, 6) is 0.552. The van der Waals surface area contributed by atoms with Crippen molar-refractivity contribution in [2.75, 3.05) is 13.2 Å². The average molecular weight is 223 g/mol. The number of rotatable bonds is 5. The largest absolute Gasteiger partial charge is 0.491 e. The molecule has 0 amide bonds. The third-order valence-corrected chi connectivity index (χ3v) is 2.01. The van der Waals surface area contributed by atoms with Crippen molar-refractivity contribution in [1.29, 1.82) is 5.26 Å². The van der Waals surface area contributed by atoms with E-state index in [-0.39, 0.29) is 13.2 Å². The van der Waals surface area contributed by atoms with Gasteiger partial charge in [0.05, 0.1) is 12.7 Å². The van der Waals surface area contributed by atoms with Crippen LogP contribution in [0.3, 0.4) is 0 Å². The van der Waals surface area contributed by atoms with Gasteiger partial charge in [-0.3, -0.25) is 0 Å². The number of nitrogens with zero attached hydrogens (tertiary/aromatic N) is 1. The molecule has 3 N–H and O–H groups in total. The summed E-state index contributed by atoms with van der Waals surface area (Å²) in [4.78, 5) is 0. The van der Waals surface area contributed by atoms with E-state index in [9.17, 15) is 5.11 Å². The maximum atomic E-state index is 9.50. The van der Waals surface area contributed by atoms with Gasteiger partial charge in [0.2, 0.25) is 0 Å². The predicted octanol–water partition coefficient (Wildman–Crippen LogP) is -0.0244. The molecule has 0 bridgehead atoms. The van der Waals surface area contributed by atoms with Gasteiger partial charge >= 0.3 is 0 Å². The van der Waals surface area contributed by atoms with Gasteiger partial charge in [0.15, 0.2) is 6.10 Å². The summed E-state index contributed by atoms with van der Waals surface area (Å²) < 4.78 is 5.12. The van der Waals surface area contributed by atoms with Gasteiger partial charge in [0.25, 0.3) is 0 Å². The second kappa shape index (κ2) is 6.08. The first-order valence-corrected chi connectivity index (χ1v) is 4.78. The van der Waals surface area contributed by atoms with E-state index in [1.807, 2.05) is 0 Å². The lowest BCUT2D eigenvalue weighted by Crippen LogP contribution is -2.15. The summed E-state index contributed by atoms with van der Waals surface area (Å²) >= 11 is 0. The van der Waals surface area contributed by atoms with Crippen molar-refractivity contribution < 1.29 is 20.1 Å². The second-order valence-corrected chi connectivity index (χ2v) is 3.16. The van der Waals surface area contributed by atoms with E-state index in [1.165, 1.54) is 0 Å². The molecule has 0 fully saturated rings. The summed E-state index contributed by atoms with van der Waals surface area (Å²) in [6, 6.07) is 7.85. The van der Waals surface area contributed by atoms with Crippen LogP contribution in [0.4, 0.5) is 0 Å². The molecule has 5 nitrogen and oxygen atoms in total. The first kappa shape index (κ1) is 12.5. The van der Waals surface area contributed by atoms with Gasteiger partial charge in [0.1, 0.15) is 18.5 Å². The number of hydrogen-bond acceptors (Lipinski definition) is 5. The predicted molar refractivity (Wildman–Crippen MR) is 55.6 cm³/mol. The summed E-state index contributed by atoms with van der Waals surface area (Å²) in [6.45, 7) is 0.125. The van der Waals surface area contributed by atoms with Crippen LogP contribution in [0.25, 0.3) is 0 Å². The third-order valence-electron chi connectivity index (χ3n) is 2.01. The van der Waals surface area contributed by atoms with E-state index in [0.29, 0.717) is 11.3 Å². The molecule has 0 aliphatic rings. The molecule has 0 radical (unpaired) electrons. The quantitative estimate of drug-likeness (QED) is 0.610. The smallest absolute Gasteiger partial charge is 0.170 e. The first-order chi connectivity index (χ1) is 7.69. The number of ether oxygens (including phenoxy) is 1. The van der Waals surface area contributed by atoms with E-state index in [1.54, 1.807) is 30.3 Å². The molecule has 1 aromatic rings. The minimum Gasteiger partial charge on any atom is -0.491 e. The van der Waals surface area contributed by atoms with Crippen LogP contribution in [0.2, 0.25) is 0 Å². The summed E-state index contributed by atoms with van der Waals surface area (Å²) in [5, 5.41) is 35.6. The van der Waals surface area contributed by atoms with Gasteiger partial charge in [-0.25, -0.2) is 0 Å². The van der Waals surface area contributed by atoms with Gasteiger partial charge in [-0.05, 0) is 17.7 Å². The lowest BCUT2D eigenvalue weighted by atomic mass is 10.1. The molecule has 0 saturated heterocycles. The van der Waals surface area contributed by atoms with Crippen molar-refractivity contribution in [2.45, 2.75) is 12.2 Å². The fraction of sp³-hybridized carbons (Fsp3) is 0.364. The Kier molecular flexibility index (Phi) is 4.73. The molecular formula is C11H13NO4. The summed E-state index contributed by atoms with van der Waals surface area (Å²) in [7, 11) is 0. The zero-order valence-corrected chi connectivity index (χ0v) is 8.58. The Morgan fingerprint density at radius 2 is 1.88 bits per heavy atom. The van der Waals surface area contributed by atoms with Crippen molar-refractivity contribution in [2.24, 2.45) is 0 Å². The van der Waals surface area contributed by atoms with Crippen LogP contribution in [-0.2, 0) is 0 Å². The molecule has 0 saturated carbocycles. The van der Waals surface area contributed by atoms with Crippen molar-refractivity contribution in [3.05, 3.63) is 29.8 Å². The van der Waals surface area contributed by atoms with Gasteiger partial charge in [0, 0.05) is 0 Å². The maximum absolute atomic E-state index is 9.50. The number of hydrogen-bond donors (Lipinski definition) is 3. The molecular weight excluding hydrogens is 210 g/mol.